The number of hydrogen-bond acceptors (Lipinski definition) is 3. The predicted molar refractivity (Wildman–Crippen MR) is 128 cm³/mol. The zero-order valence-corrected chi connectivity index (χ0v) is 20.3. The Balaban J connectivity index is 1.88. The van der Waals surface area contributed by atoms with Gasteiger partial charge in [0.05, 0.1) is 30.0 Å². The van der Waals surface area contributed by atoms with E-state index in [-0.39, 0.29) is 36.4 Å². The lowest BCUT2D eigenvalue weighted by molar-refractivity contribution is -0.158. The topological polar surface area (TPSA) is 77.8 Å². The number of carbonyl (C=O) groups excluding carboxylic acids is 1. The summed E-state index contributed by atoms with van der Waals surface area (Å²) in [5.41, 5.74) is 1.07. The van der Waals surface area contributed by atoms with Gasteiger partial charge >= 0.3 is 5.97 Å². The first-order valence-electron chi connectivity index (χ1n) is 11.4. The Morgan fingerprint density at radius 2 is 1.85 bits per heavy atom. The summed E-state index contributed by atoms with van der Waals surface area (Å²) in [5.74, 6) is -1.80. The van der Waals surface area contributed by atoms with E-state index in [1.54, 1.807) is 0 Å². The van der Waals surface area contributed by atoms with Crippen LogP contribution in [0, 0.1) is 17.3 Å². The molecule has 6 atom stereocenters. The van der Waals surface area contributed by atoms with Crippen LogP contribution >= 0.6 is 23.2 Å². The van der Waals surface area contributed by atoms with Crippen molar-refractivity contribution in [3.05, 3.63) is 69.7 Å². The van der Waals surface area contributed by atoms with E-state index in [9.17, 15) is 19.8 Å². The van der Waals surface area contributed by atoms with Crippen LogP contribution < -0.4 is 0 Å². The molecule has 7 heteroatoms. The Morgan fingerprint density at radius 1 is 1.15 bits per heavy atom. The largest absolute Gasteiger partial charge is 0.481 e. The van der Waals surface area contributed by atoms with Gasteiger partial charge in [0.25, 0.3) is 0 Å². The molecule has 0 bridgehead atoms. The van der Waals surface area contributed by atoms with Crippen molar-refractivity contribution in [2.45, 2.75) is 51.1 Å². The van der Waals surface area contributed by atoms with Gasteiger partial charge in [0, 0.05) is 16.0 Å². The van der Waals surface area contributed by atoms with Crippen LogP contribution in [0.5, 0.6) is 0 Å². The van der Waals surface area contributed by atoms with Crippen molar-refractivity contribution in [2.75, 3.05) is 6.61 Å². The number of rotatable bonds is 7. The number of halogens is 2. The lowest BCUT2D eigenvalue weighted by Crippen LogP contribution is -2.57. The maximum absolute atomic E-state index is 14.1. The van der Waals surface area contributed by atoms with Crippen molar-refractivity contribution in [2.24, 2.45) is 17.3 Å². The Hall–Kier alpha value is -2.08. The number of carbonyl (C=O) groups is 2. The fourth-order valence-corrected chi connectivity index (χ4v) is 5.97. The minimum atomic E-state index is -0.853. The van der Waals surface area contributed by atoms with Gasteiger partial charge in [-0.1, -0.05) is 61.3 Å². The molecule has 1 saturated heterocycles. The lowest BCUT2D eigenvalue weighted by Gasteiger charge is -2.52. The normalized spacial score (nSPS) is 30.2. The number of aliphatic hydroxyl groups is 1. The summed E-state index contributed by atoms with van der Waals surface area (Å²) in [6.45, 7) is 3.68. The summed E-state index contributed by atoms with van der Waals surface area (Å²) < 4.78 is 0. The highest BCUT2D eigenvalue weighted by Gasteiger charge is 2.62. The van der Waals surface area contributed by atoms with Crippen LogP contribution in [-0.2, 0) is 9.59 Å². The highest BCUT2D eigenvalue weighted by molar-refractivity contribution is 6.30. The number of likely N-dealkylation sites (tertiary alicyclic amines) is 1. The monoisotopic (exact) mass is 489 g/mol. The molecular formula is C26H29Cl2NO4. The quantitative estimate of drug-likeness (QED) is 0.534. The molecule has 2 aliphatic rings. The zero-order valence-electron chi connectivity index (χ0n) is 18.7. The molecule has 176 valence electrons. The summed E-state index contributed by atoms with van der Waals surface area (Å²) in [6.07, 6.45) is 1.58. The minimum absolute atomic E-state index is 0.0876. The van der Waals surface area contributed by atoms with Crippen LogP contribution in [0.1, 0.15) is 56.2 Å². The molecule has 2 N–H and O–H groups in total. The van der Waals surface area contributed by atoms with E-state index in [1.165, 1.54) is 0 Å². The van der Waals surface area contributed by atoms with Crippen LogP contribution in [0.25, 0.3) is 0 Å². The summed E-state index contributed by atoms with van der Waals surface area (Å²) >= 11 is 12.5. The Morgan fingerprint density at radius 3 is 2.39 bits per heavy atom. The average molecular weight is 490 g/mol. The van der Waals surface area contributed by atoms with E-state index >= 15 is 0 Å². The molecule has 2 fully saturated rings. The number of carboxylic acid groups (broad SMARTS) is 1. The van der Waals surface area contributed by atoms with Crippen LogP contribution in [-0.4, -0.2) is 39.6 Å². The molecule has 0 radical (unpaired) electrons. The molecule has 1 aliphatic heterocycles. The van der Waals surface area contributed by atoms with Gasteiger partial charge in [-0.3, -0.25) is 9.59 Å². The second kappa shape index (κ2) is 9.28. The Kier molecular flexibility index (Phi) is 6.77. The van der Waals surface area contributed by atoms with Crippen molar-refractivity contribution < 1.29 is 19.8 Å². The molecule has 3 unspecified atom stereocenters. The standard InChI is InChI=1S/C26H29Cl2NO4/c1-3-19(14-30)29-23(15-7-9-17(27)10-8-15)21(16-5-4-6-18(28)11-16)13-26(2,25(29)33)22-12-20(22)24(31)32/h4-11,19-23,30H,3,12-14H2,1-2H3,(H,31,32)/t19?,20?,21-,22?,23-,26-/m1/s1. The number of nitrogens with zero attached hydrogens (tertiary/aromatic N) is 1. The summed E-state index contributed by atoms with van der Waals surface area (Å²) in [6, 6.07) is 14.4. The van der Waals surface area contributed by atoms with Crippen molar-refractivity contribution in [3.8, 4) is 0 Å². The maximum atomic E-state index is 14.1. The van der Waals surface area contributed by atoms with Crippen LogP contribution in [0.15, 0.2) is 48.5 Å². The SMILES string of the molecule is CCC(CO)N1C(=O)[C@@](C)(C2CC2C(=O)O)C[C@H](c2cccc(Cl)c2)[C@H]1c1ccc(Cl)cc1. The first kappa shape index (κ1) is 24.1. The van der Waals surface area contributed by atoms with Gasteiger partial charge in [0.15, 0.2) is 0 Å². The van der Waals surface area contributed by atoms with E-state index in [2.05, 4.69) is 0 Å². The van der Waals surface area contributed by atoms with E-state index in [1.807, 2.05) is 67.3 Å². The lowest BCUT2D eigenvalue weighted by atomic mass is 9.65. The predicted octanol–water partition coefficient (Wildman–Crippen LogP) is 5.55. The average Bonchev–Trinajstić information content (AvgIpc) is 3.60. The van der Waals surface area contributed by atoms with Crippen LogP contribution in [0.2, 0.25) is 10.0 Å². The zero-order chi connectivity index (χ0) is 23.9. The van der Waals surface area contributed by atoms with E-state index < -0.39 is 17.3 Å². The summed E-state index contributed by atoms with van der Waals surface area (Å²) in [4.78, 5) is 27.6. The van der Waals surface area contributed by atoms with Crippen molar-refractivity contribution in [1.29, 1.82) is 0 Å². The highest BCUT2D eigenvalue weighted by Crippen LogP contribution is 2.61. The second-order valence-corrected chi connectivity index (χ2v) is 10.4. The second-order valence-electron chi connectivity index (χ2n) is 9.52. The number of piperidine rings is 1. The van der Waals surface area contributed by atoms with Gasteiger partial charge in [-0.25, -0.2) is 0 Å². The third-order valence-electron chi connectivity index (χ3n) is 7.54. The number of hydrogen-bond donors (Lipinski definition) is 2. The number of aliphatic hydroxyl groups excluding tert-OH is 1. The molecule has 1 aliphatic carbocycles. The van der Waals surface area contributed by atoms with Crippen LogP contribution in [0.3, 0.4) is 0 Å². The van der Waals surface area contributed by atoms with Gasteiger partial charge in [-0.2, -0.15) is 0 Å². The number of benzene rings is 2. The molecule has 0 spiro atoms. The summed E-state index contributed by atoms with van der Waals surface area (Å²) in [7, 11) is 0. The van der Waals surface area contributed by atoms with E-state index in [4.69, 9.17) is 23.2 Å². The molecule has 1 heterocycles. The Bertz CT molecular complexity index is 1040. The van der Waals surface area contributed by atoms with Crippen molar-refractivity contribution in [1.82, 2.24) is 4.90 Å². The van der Waals surface area contributed by atoms with E-state index in [0.717, 1.165) is 11.1 Å². The van der Waals surface area contributed by atoms with Gasteiger partial charge in [-0.05, 0) is 60.6 Å². The number of amides is 1. The number of aliphatic carboxylic acids is 1. The van der Waals surface area contributed by atoms with Gasteiger partial charge in [0.2, 0.25) is 5.91 Å². The first-order chi connectivity index (χ1) is 15.7. The molecule has 33 heavy (non-hydrogen) atoms. The van der Waals surface area contributed by atoms with Gasteiger partial charge in [-0.15, -0.1) is 0 Å². The van der Waals surface area contributed by atoms with E-state index in [0.29, 0.717) is 29.3 Å². The molecule has 4 rings (SSSR count). The Labute approximate surface area is 204 Å². The molecule has 1 saturated carbocycles. The minimum Gasteiger partial charge on any atom is -0.481 e. The fraction of sp³-hybridized carbons (Fsp3) is 0.462. The maximum Gasteiger partial charge on any atom is 0.306 e. The van der Waals surface area contributed by atoms with Crippen molar-refractivity contribution in [3.63, 3.8) is 0 Å². The molecule has 2 aromatic carbocycles. The van der Waals surface area contributed by atoms with Crippen molar-refractivity contribution >= 4 is 35.1 Å². The van der Waals surface area contributed by atoms with Crippen LogP contribution in [0.4, 0.5) is 0 Å². The summed E-state index contributed by atoms with van der Waals surface area (Å²) in [5, 5.41) is 21.1. The third kappa shape index (κ3) is 4.39. The van der Waals surface area contributed by atoms with Gasteiger partial charge in [0.1, 0.15) is 0 Å². The highest BCUT2D eigenvalue weighted by atomic mass is 35.5. The molecule has 1 amide bonds. The first-order valence-corrected chi connectivity index (χ1v) is 12.1. The smallest absolute Gasteiger partial charge is 0.306 e. The number of carboxylic acids is 1. The molecule has 2 aromatic rings. The molecule has 0 aromatic heterocycles. The molecule has 5 nitrogen and oxygen atoms in total. The van der Waals surface area contributed by atoms with Gasteiger partial charge < -0.3 is 15.1 Å². The fourth-order valence-electron chi connectivity index (χ4n) is 5.65. The third-order valence-corrected chi connectivity index (χ3v) is 8.02. The molecular weight excluding hydrogens is 461 g/mol.